The molecule has 0 saturated heterocycles. The van der Waals surface area contributed by atoms with Crippen molar-refractivity contribution in [2.24, 2.45) is 0 Å². The van der Waals surface area contributed by atoms with E-state index in [1.807, 2.05) is 0 Å². The zero-order valence-corrected chi connectivity index (χ0v) is 8.97. The summed E-state index contributed by atoms with van der Waals surface area (Å²) in [5, 5.41) is 0. The van der Waals surface area contributed by atoms with Crippen molar-refractivity contribution in [3.05, 3.63) is 33.5 Å². The monoisotopic (exact) mass is 290 g/mol. The molecule has 1 aromatic rings. The van der Waals surface area contributed by atoms with Gasteiger partial charge in [0.15, 0.2) is 0 Å². The highest BCUT2D eigenvalue weighted by atomic mass is 79.9. The molecule has 1 rings (SSSR count). The largest absolute Gasteiger partial charge is 0.420 e. The van der Waals surface area contributed by atoms with Crippen LogP contribution in [0, 0.1) is 5.82 Å². The molecule has 6 heteroatoms. The van der Waals surface area contributed by atoms with Crippen LogP contribution in [0.4, 0.5) is 17.6 Å². The minimum atomic E-state index is -4.70. The first-order chi connectivity index (χ1) is 6.36. The van der Waals surface area contributed by atoms with Gasteiger partial charge in [0, 0.05) is 10.4 Å². The number of hydrogen-bond acceptors (Lipinski definition) is 0. The molecule has 0 spiro atoms. The van der Waals surface area contributed by atoms with Gasteiger partial charge in [0.05, 0.1) is 0 Å². The Hall–Kier alpha value is -0.290. The van der Waals surface area contributed by atoms with E-state index in [-0.39, 0.29) is 10.4 Å². The Bertz CT molecular complexity index is 325. The van der Waals surface area contributed by atoms with E-state index >= 15 is 0 Å². The highest BCUT2D eigenvalue weighted by Gasteiger charge is 2.36. The van der Waals surface area contributed by atoms with Crippen LogP contribution in [0.25, 0.3) is 0 Å². The average molecular weight is 291 g/mol. The maximum atomic E-state index is 13.0. The van der Waals surface area contributed by atoms with Crippen LogP contribution in [0.5, 0.6) is 0 Å². The molecule has 0 aliphatic rings. The minimum absolute atomic E-state index is 0.0341. The van der Waals surface area contributed by atoms with Crippen molar-refractivity contribution in [3.63, 3.8) is 0 Å². The summed E-state index contributed by atoms with van der Waals surface area (Å²) in [5.74, 6) is -1.35. The Labute approximate surface area is 91.0 Å². The van der Waals surface area contributed by atoms with Crippen molar-refractivity contribution in [1.29, 1.82) is 0 Å². The average Bonchev–Trinajstić information content (AvgIpc) is 1.99. The molecule has 1 aromatic carbocycles. The van der Waals surface area contributed by atoms with Crippen LogP contribution in [-0.4, -0.2) is 0 Å². The molecular weight excluding hydrogens is 287 g/mol. The van der Waals surface area contributed by atoms with Gasteiger partial charge in [-0.3, -0.25) is 0 Å². The number of halogens is 6. The number of alkyl halides is 4. The summed E-state index contributed by atoms with van der Waals surface area (Å²) in [4.78, 5) is 0. The SMILES string of the molecule is Fc1cc(CCl)cc(Br)c1C(F)(F)F. The Balaban J connectivity index is 3.33. The van der Waals surface area contributed by atoms with Gasteiger partial charge in [-0.25, -0.2) is 4.39 Å². The molecule has 0 N–H and O–H groups in total. The lowest BCUT2D eigenvalue weighted by Gasteiger charge is -2.11. The first-order valence-corrected chi connectivity index (χ1v) is 4.80. The standard InChI is InChI=1S/C8H4BrClF4/c9-5-1-4(3-10)2-6(11)7(5)8(12,13)14/h1-2H,3H2. The zero-order chi connectivity index (χ0) is 10.9. The molecule has 0 fully saturated rings. The topological polar surface area (TPSA) is 0 Å². The van der Waals surface area contributed by atoms with E-state index < -0.39 is 17.6 Å². The molecule has 0 unspecified atom stereocenters. The van der Waals surface area contributed by atoms with Crippen LogP contribution in [-0.2, 0) is 12.1 Å². The molecule has 0 saturated carbocycles. The quantitative estimate of drug-likeness (QED) is 0.533. The number of benzene rings is 1. The lowest BCUT2D eigenvalue weighted by molar-refractivity contribution is -0.140. The highest BCUT2D eigenvalue weighted by Crippen LogP contribution is 2.37. The number of rotatable bonds is 1. The maximum Gasteiger partial charge on any atom is 0.420 e. The van der Waals surface area contributed by atoms with Crippen molar-refractivity contribution in [1.82, 2.24) is 0 Å². The van der Waals surface area contributed by atoms with Crippen LogP contribution in [0.1, 0.15) is 11.1 Å². The molecule has 0 aliphatic heterocycles. The second-order valence-corrected chi connectivity index (χ2v) is 3.69. The Kier molecular flexibility index (Phi) is 3.42. The fourth-order valence-corrected chi connectivity index (χ4v) is 1.84. The summed E-state index contributed by atoms with van der Waals surface area (Å²) < 4.78 is 49.4. The van der Waals surface area contributed by atoms with Gasteiger partial charge >= 0.3 is 6.18 Å². The third-order valence-corrected chi connectivity index (χ3v) is 2.47. The zero-order valence-electron chi connectivity index (χ0n) is 6.63. The maximum absolute atomic E-state index is 13.0. The third kappa shape index (κ3) is 2.39. The fraction of sp³-hybridized carbons (Fsp3) is 0.250. The van der Waals surface area contributed by atoms with E-state index in [1.54, 1.807) is 0 Å². The van der Waals surface area contributed by atoms with E-state index in [4.69, 9.17) is 11.6 Å². The number of hydrogen-bond donors (Lipinski definition) is 0. The Morgan fingerprint density at radius 1 is 1.29 bits per heavy atom. The van der Waals surface area contributed by atoms with Crippen LogP contribution >= 0.6 is 27.5 Å². The van der Waals surface area contributed by atoms with Crippen molar-refractivity contribution >= 4 is 27.5 Å². The smallest absolute Gasteiger partial charge is 0.206 e. The second-order valence-electron chi connectivity index (χ2n) is 2.57. The van der Waals surface area contributed by atoms with Gasteiger partial charge in [-0.15, -0.1) is 11.6 Å². The molecule has 0 radical (unpaired) electrons. The van der Waals surface area contributed by atoms with E-state index in [0.717, 1.165) is 12.1 Å². The lowest BCUT2D eigenvalue weighted by Crippen LogP contribution is -2.09. The van der Waals surface area contributed by atoms with Gasteiger partial charge in [-0.2, -0.15) is 13.2 Å². The van der Waals surface area contributed by atoms with Crippen molar-refractivity contribution in [2.45, 2.75) is 12.1 Å². The predicted molar refractivity (Wildman–Crippen MR) is 48.7 cm³/mol. The molecule has 0 atom stereocenters. The molecule has 0 heterocycles. The van der Waals surface area contributed by atoms with E-state index in [0.29, 0.717) is 5.56 Å². The van der Waals surface area contributed by atoms with Gasteiger partial charge in [0.25, 0.3) is 0 Å². The fourth-order valence-electron chi connectivity index (χ4n) is 0.974. The van der Waals surface area contributed by atoms with Crippen LogP contribution < -0.4 is 0 Å². The second kappa shape index (κ2) is 4.06. The normalized spacial score (nSPS) is 11.9. The Morgan fingerprint density at radius 3 is 2.21 bits per heavy atom. The van der Waals surface area contributed by atoms with Crippen LogP contribution in [0.15, 0.2) is 16.6 Å². The summed E-state index contributed by atoms with van der Waals surface area (Å²) >= 11 is 8.02. The van der Waals surface area contributed by atoms with Gasteiger partial charge in [-0.05, 0) is 17.7 Å². The summed E-state index contributed by atoms with van der Waals surface area (Å²) in [6.07, 6.45) is -4.70. The van der Waals surface area contributed by atoms with Crippen molar-refractivity contribution in [2.75, 3.05) is 0 Å². The van der Waals surface area contributed by atoms with E-state index in [9.17, 15) is 17.6 Å². The van der Waals surface area contributed by atoms with Crippen LogP contribution in [0.2, 0.25) is 0 Å². The summed E-state index contributed by atoms with van der Waals surface area (Å²) in [6.45, 7) is 0. The summed E-state index contributed by atoms with van der Waals surface area (Å²) in [7, 11) is 0. The van der Waals surface area contributed by atoms with Gasteiger partial charge in [0.2, 0.25) is 0 Å². The predicted octanol–water partition coefficient (Wildman–Crippen LogP) is 4.35. The first-order valence-electron chi connectivity index (χ1n) is 3.47. The molecule has 0 bridgehead atoms. The third-order valence-electron chi connectivity index (χ3n) is 1.54. The summed E-state index contributed by atoms with van der Waals surface area (Å²) in [5.41, 5.74) is -1.00. The van der Waals surface area contributed by atoms with E-state index in [2.05, 4.69) is 15.9 Å². The van der Waals surface area contributed by atoms with Crippen molar-refractivity contribution < 1.29 is 17.6 Å². The highest BCUT2D eigenvalue weighted by molar-refractivity contribution is 9.10. The molecule has 14 heavy (non-hydrogen) atoms. The van der Waals surface area contributed by atoms with Crippen molar-refractivity contribution in [3.8, 4) is 0 Å². The minimum Gasteiger partial charge on any atom is -0.206 e. The van der Waals surface area contributed by atoms with Crippen LogP contribution in [0.3, 0.4) is 0 Å². The molecule has 0 nitrogen and oxygen atoms in total. The Morgan fingerprint density at radius 2 is 1.86 bits per heavy atom. The van der Waals surface area contributed by atoms with Gasteiger partial charge in [0.1, 0.15) is 11.4 Å². The van der Waals surface area contributed by atoms with Gasteiger partial charge < -0.3 is 0 Å². The lowest BCUT2D eigenvalue weighted by atomic mass is 10.1. The van der Waals surface area contributed by atoms with Gasteiger partial charge in [-0.1, -0.05) is 15.9 Å². The molecular formula is C8H4BrClF4. The summed E-state index contributed by atoms with van der Waals surface area (Å²) in [6, 6.07) is 1.93. The molecule has 78 valence electrons. The first kappa shape index (κ1) is 11.8. The molecule has 0 amide bonds. The molecule has 0 aromatic heterocycles. The molecule has 0 aliphatic carbocycles. The van der Waals surface area contributed by atoms with E-state index in [1.165, 1.54) is 0 Å².